The maximum Gasteiger partial charge on any atom is 0.416 e. The van der Waals surface area contributed by atoms with E-state index in [4.69, 9.17) is 0 Å². The maximum absolute atomic E-state index is 12.5. The van der Waals surface area contributed by atoms with Gasteiger partial charge in [0.25, 0.3) is 5.56 Å². The molecule has 1 aliphatic heterocycles. The van der Waals surface area contributed by atoms with E-state index >= 15 is 0 Å². The molecule has 0 spiro atoms. The van der Waals surface area contributed by atoms with Crippen molar-refractivity contribution in [2.24, 2.45) is 4.99 Å². The first-order chi connectivity index (χ1) is 9.95. The number of halogens is 3. The Bertz CT molecular complexity index is 831. The van der Waals surface area contributed by atoms with Gasteiger partial charge in [0.05, 0.1) is 10.1 Å². The van der Waals surface area contributed by atoms with Crippen molar-refractivity contribution >= 4 is 17.4 Å². The van der Waals surface area contributed by atoms with Gasteiger partial charge in [0.1, 0.15) is 0 Å². The Hall–Kier alpha value is -1.89. The van der Waals surface area contributed by atoms with Gasteiger partial charge in [-0.15, -0.1) is 0 Å². The average Bonchev–Trinajstić information content (AvgIpc) is 2.76. The predicted molar refractivity (Wildman–Crippen MR) is 73.9 cm³/mol. The van der Waals surface area contributed by atoms with Gasteiger partial charge in [-0.3, -0.25) is 14.4 Å². The van der Waals surface area contributed by atoms with Crippen LogP contribution in [-0.2, 0) is 12.7 Å². The van der Waals surface area contributed by atoms with Crippen LogP contribution in [-0.4, -0.2) is 11.1 Å². The molecule has 0 amide bonds. The van der Waals surface area contributed by atoms with Gasteiger partial charge >= 0.3 is 6.18 Å². The number of hydrogen-bond donors (Lipinski definition) is 0. The van der Waals surface area contributed by atoms with Crippen LogP contribution in [0.4, 0.5) is 13.2 Å². The van der Waals surface area contributed by atoms with E-state index in [1.54, 1.807) is 10.6 Å². The number of nitrogens with zero attached hydrogens (tertiary/aromatic N) is 2. The van der Waals surface area contributed by atoms with Crippen LogP contribution in [0.5, 0.6) is 0 Å². The molecule has 3 rings (SSSR count). The van der Waals surface area contributed by atoms with E-state index in [-0.39, 0.29) is 5.56 Å². The average molecular weight is 312 g/mol. The summed E-state index contributed by atoms with van der Waals surface area (Å²) in [5.74, 6) is 0. The number of hydrogen-bond acceptors (Lipinski definition) is 3. The Morgan fingerprint density at radius 3 is 2.57 bits per heavy atom. The molecule has 3 nitrogen and oxygen atoms in total. The van der Waals surface area contributed by atoms with Gasteiger partial charge in [0, 0.05) is 13.1 Å². The summed E-state index contributed by atoms with van der Waals surface area (Å²) in [5, 5.41) is 0. The molecule has 1 aliphatic rings. The lowest BCUT2D eigenvalue weighted by molar-refractivity contribution is -0.137. The van der Waals surface area contributed by atoms with Crippen LogP contribution >= 0.6 is 11.3 Å². The fraction of sp³-hybridized carbons (Fsp3) is 0.286. The SMILES string of the molecule is O=c1/c(=C\c2ccc(C(F)(F)F)cc2)sc2n1CCCN=2. The zero-order valence-electron chi connectivity index (χ0n) is 10.9. The number of fused-ring (bicyclic) bond motifs is 1. The normalized spacial score (nSPS) is 15.7. The highest BCUT2D eigenvalue weighted by Crippen LogP contribution is 2.29. The summed E-state index contributed by atoms with van der Waals surface area (Å²) >= 11 is 1.27. The first-order valence-electron chi connectivity index (χ1n) is 6.38. The van der Waals surface area contributed by atoms with Crippen LogP contribution in [0.25, 0.3) is 6.08 Å². The molecule has 0 radical (unpaired) electrons. The van der Waals surface area contributed by atoms with E-state index in [9.17, 15) is 18.0 Å². The largest absolute Gasteiger partial charge is 0.416 e. The molecule has 21 heavy (non-hydrogen) atoms. The summed E-state index contributed by atoms with van der Waals surface area (Å²) in [7, 11) is 0. The number of thiazole rings is 1. The molecule has 0 aliphatic carbocycles. The standard InChI is InChI=1S/C14H11F3N2OS/c15-14(16,17)10-4-2-9(3-5-10)8-11-12(20)19-7-1-6-18-13(19)21-11/h2-5,8H,1,6-7H2/b11-8+. The Morgan fingerprint density at radius 2 is 1.95 bits per heavy atom. The van der Waals surface area contributed by atoms with Crippen LogP contribution < -0.4 is 14.9 Å². The second kappa shape index (κ2) is 5.14. The van der Waals surface area contributed by atoms with Crippen molar-refractivity contribution in [1.82, 2.24) is 4.57 Å². The lowest BCUT2D eigenvalue weighted by Gasteiger charge is -2.05. The van der Waals surface area contributed by atoms with Crippen LogP contribution in [0.15, 0.2) is 34.1 Å². The summed E-state index contributed by atoms with van der Waals surface area (Å²) in [6.07, 6.45) is -1.91. The molecule has 0 fully saturated rings. The first kappa shape index (κ1) is 14.1. The third-order valence-corrected chi connectivity index (χ3v) is 4.26. The number of alkyl halides is 3. The summed E-state index contributed by atoms with van der Waals surface area (Å²) in [4.78, 5) is 17.1. The summed E-state index contributed by atoms with van der Waals surface area (Å²) in [6.45, 7) is 1.36. The smallest absolute Gasteiger partial charge is 0.284 e. The van der Waals surface area contributed by atoms with Gasteiger partial charge in [-0.1, -0.05) is 23.5 Å². The molecule has 0 bridgehead atoms. The topological polar surface area (TPSA) is 34.4 Å². The quantitative estimate of drug-likeness (QED) is 0.790. The highest BCUT2D eigenvalue weighted by molar-refractivity contribution is 7.07. The van der Waals surface area contributed by atoms with E-state index in [1.165, 1.54) is 23.5 Å². The lowest BCUT2D eigenvalue weighted by atomic mass is 10.1. The summed E-state index contributed by atoms with van der Waals surface area (Å²) in [6, 6.07) is 4.76. The molecule has 0 N–H and O–H groups in total. The van der Waals surface area contributed by atoms with Crippen LogP contribution in [0, 0.1) is 0 Å². The van der Waals surface area contributed by atoms with Gasteiger partial charge in [-0.2, -0.15) is 13.2 Å². The second-order valence-corrected chi connectivity index (χ2v) is 5.71. The van der Waals surface area contributed by atoms with Crippen molar-refractivity contribution < 1.29 is 13.2 Å². The fourth-order valence-corrected chi connectivity index (χ4v) is 3.18. The van der Waals surface area contributed by atoms with E-state index in [0.29, 0.717) is 28.0 Å². The Kier molecular flexibility index (Phi) is 3.44. The summed E-state index contributed by atoms with van der Waals surface area (Å²) in [5.41, 5.74) is -0.255. The highest BCUT2D eigenvalue weighted by Gasteiger charge is 2.29. The Balaban J connectivity index is 2.04. The molecule has 1 aromatic heterocycles. The van der Waals surface area contributed by atoms with E-state index < -0.39 is 11.7 Å². The third kappa shape index (κ3) is 2.78. The van der Waals surface area contributed by atoms with Gasteiger partial charge in [-0.25, -0.2) is 0 Å². The monoisotopic (exact) mass is 312 g/mol. The molecule has 7 heteroatoms. The number of benzene rings is 1. The van der Waals surface area contributed by atoms with Crippen LogP contribution in [0.1, 0.15) is 17.5 Å². The van der Waals surface area contributed by atoms with Crippen molar-refractivity contribution in [2.75, 3.05) is 6.54 Å². The Labute approximate surface area is 121 Å². The van der Waals surface area contributed by atoms with Gasteiger partial charge in [0.2, 0.25) is 0 Å². The van der Waals surface area contributed by atoms with Crippen molar-refractivity contribution in [2.45, 2.75) is 19.1 Å². The number of aromatic nitrogens is 1. The zero-order chi connectivity index (χ0) is 15.0. The molecule has 0 unspecified atom stereocenters. The molecular formula is C14H11F3N2OS. The van der Waals surface area contributed by atoms with E-state index in [0.717, 1.165) is 18.6 Å². The zero-order valence-corrected chi connectivity index (χ0v) is 11.7. The molecule has 110 valence electrons. The molecule has 0 saturated carbocycles. The fourth-order valence-electron chi connectivity index (χ4n) is 2.15. The minimum absolute atomic E-state index is 0.127. The minimum atomic E-state index is -4.35. The molecular weight excluding hydrogens is 301 g/mol. The van der Waals surface area contributed by atoms with Gasteiger partial charge in [0.15, 0.2) is 4.80 Å². The van der Waals surface area contributed by atoms with Gasteiger partial charge < -0.3 is 0 Å². The number of rotatable bonds is 1. The molecule has 0 saturated heterocycles. The highest BCUT2D eigenvalue weighted by atomic mass is 32.1. The van der Waals surface area contributed by atoms with Crippen molar-refractivity contribution in [1.29, 1.82) is 0 Å². The first-order valence-corrected chi connectivity index (χ1v) is 7.20. The summed E-state index contributed by atoms with van der Waals surface area (Å²) < 4.78 is 39.6. The molecule has 0 atom stereocenters. The molecule has 2 aromatic rings. The Morgan fingerprint density at radius 1 is 1.24 bits per heavy atom. The predicted octanol–water partition coefficient (Wildman–Crippen LogP) is 1.78. The third-order valence-electron chi connectivity index (χ3n) is 3.21. The molecule has 2 heterocycles. The maximum atomic E-state index is 12.5. The minimum Gasteiger partial charge on any atom is -0.284 e. The molecule has 1 aromatic carbocycles. The van der Waals surface area contributed by atoms with Gasteiger partial charge in [-0.05, 0) is 30.2 Å². The van der Waals surface area contributed by atoms with Crippen molar-refractivity contribution in [3.8, 4) is 0 Å². The van der Waals surface area contributed by atoms with E-state index in [2.05, 4.69) is 4.99 Å². The van der Waals surface area contributed by atoms with Crippen molar-refractivity contribution in [3.05, 3.63) is 55.1 Å². The van der Waals surface area contributed by atoms with Crippen molar-refractivity contribution in [3.63, 3.8) is 0 Å². The van der Waals surface area contributed by atoms with E-state index in [1.807, 2.05) is 0 Å². The lowest BCUT2D eigenvalue weighted by Crippen LogP contribution is -2.33. The second-order valence-electron chi connectivity index (χ2n) is 4.71. The van der Waals surface area contributed by atoms with Crippen LogP contribution in [0.2, 0.25) is 0 Å². The van der Waals surface area contributed by atoms with Crippen LogP contribution in [0.3, 0.4) is 0 Å².